The maximum atomic E-state index is 13.9. The molecule has 1 aliphatic rings. The Bertz CT molecular complexity index is 1410. The van der Waals surface area contributed by atoms with Gasteiger partial charge in [-0.25, -0.2) is 4.98 Å². The Kier molecular flexibility index (Phi) is 6.93. The first-order chi connectivity index (χ1) is 17.0. The first-order valence-corrected chi connectivity index (χ1v) is 11.9. The molecule has 3 aromatic rings. The molecule has 1 aromatic heterocycles. The monoisotopic (exact) mass is 525 g/mol. The van der Waals surface area contributed by atoms with E-state index in [0.717, 1.165) is 11.1 Å². The zero-order chi connectivity index (χ0) is 26.3. The van der Waals surface area contributed by atoms with Crippen molar-refractivity contribution >= 4 is 52.2 Å². The second kappa shape index (κ2) is 9.79. The number of hydrogen-bond donors (Lipinski definition) is 2. The van der Waals surface area contributed by atoms with E-state index < -0.39 is 11.9 Å². The van der Waals surface area contributed by atoms with Gasteiger partial charge in [0.25, 0.3) is 11.8 Å². The van der Waals surface area contributed by atoms with Gasteiger partial charge in [0.1, 0.15) is 11.9 Å². The molecule has 1 unspecified atom stereocenters. The van der Waals surface area contributed by atoms with Crippen molar-refractivity contribution in [1.82, 2.24) is 9.55 Å². The minimum atomic E-state index is -0.791. The van der Waals surface area contributed by atoms with Crippen LogP contribution in [-0.2, 0) is 9.53 Å². The van der Waals surface area contributed by atoms with Crippen molar-refractivity contribution in [2.45, 2.75) is 32.9 Å². The Morgan fingerprint density at radius 1 is 1.17 bits per heavy atom. The van der Waals surface area contributed by atoms with Crippen LogP contribution in [0.1, 0.15) is 59.1 Å². The maximum Gasteiger partial charge on any atom is 0.279 e. The van der Waals surface area contributed by atoms with Crippen molar-refractivity contribution in [1.29, 1.82) is 5.41 Å². The molecule has 2 heterocycles. The van der Waals surface area contributed by atoms with Crippen LogP contribution in [0.25, 0.3) is 5.57 Å². The lowest BCUT2D eigenvalue weighted by Gasteiger charge is -2.29. The number of anilines is 1. The van der Waals surface area contributed by atoms with E-state index in [9.17, 15) is 9.59 Å². The Morgan fingerprint density at radius 2 is 1.81 bits per heavy atom. The number of aromatic nitrogens is 2. The quantitative estimate of drug-likeness (QED) is 0.257. The summed E-state index contributed by atoms with van der Waals surface area (Å²) in [4.78, 5) is 32.6. The second-order valence-corrected chi connectivity index (χ2v) is 9.56. The van der Waals surface area contributed by atoms with Gasteiger partial charge >= 0.3 is 0 Å². The normalized spacial score (nSPS) is 15.4. The Balaban J connectivity index is 2.04. The van der Waals surface area contributed by atoms with Crippen molar-refractivity contribution in [3.63, 3.8) is 0 Å². The molecular formula is C26H25Cl2N5O3. The van der Waals surface area contributed by atoms with E-state index in [2.05, 4.69) is 4.98 Å². The van der Waals surface area contributed by atoms with Gasteiger partial charge in [-0.05, 0) is 56.2 Å². The number of nitrogens with one attached hydrogen (secondary N) is 1. The first kappa shape index (κ1) is 25.5. The number of amides is 2. The number of hydrogen-bond acceptors (Lipinski definition) is 5. The molecule has 10 heteroatoms. The third kappa shape index (κ3) is 4.38. The topological polar surface area (TPSA) is 114 Å². The molecule has 1 aliphatic heterocycles. The van der Waals surface area contributed by atoms with Crippen LogP contribution >= 0.6 is 23.2 Å². The largest absolute Gasteiger partial charge is 0.481 e. The van der Waals surface area contributed by atoms with Gasteiger partial charge in [0, 0.05) is 27.9 Å². The zero-order valence-electron chi connectivity index (χ0n) is 20.2. The number of imidazole rings is 1. The molecule has 186 valence electrons. The summed E-state index contributed by atoms with van der Waals surface area (Å²) < 4.78 is 6.73. The summed E-state index contributed by atoms with van der Waals surface area (Å²) in [5.41, 5.74) is 8.74. The number of carbonyl (C=O) groups is 2. The van der Waals surface area contributed by atoms with Crippen LogP contribution in [0.2, 0.25) is 10.0 Å². The number of nitrogens with two attached hydrogens (primary N) is 1. The highest BCUT2D eigenvalue weighted by Gasteiger charge is 2.45. The Morgan fingerprint density at radius 3 is 2.39 bits per heavy atom. The molecule has 3 N–H and O–H groups in total. The summed E-state index contributed by atoms with van der Waals surface area (Å²) in [5.74, 6) is -1.21. The standard InChI is InChI=1S/C26H25Cl2N5O3/c1-13(2)32-23-21(31-25(32)18(24(30)34)12-20(29)36-4)26(35)33(19-11-17(28)8-5-14(19)3)22(23)15-6-9-16(27)10-7-15/h5-13,22,29H,1-4H3,(H2,30,34)/b18-12+,29-20?. The molecule has 0 saturated carbocycles. The van der Waals surface area contributed by atoms with E-state index in [1.165, 1.54) is 13.2 Å². The lowest BCUT2D eigenvalue weighted by molar-refractivity contribution is -0.112. The molecule has 0 bridgehead atoms. The molecule has 8 nitrogen and oxygen atoms in total. The van der Waals surface area contributed by atoms with Crippen LogP contribution in [0.3, 0.4) is 0 Å². The van der Waals surface area contributed by atoms with Gasteiger partial charge in [-0.2, -0.15) is 0 Å². The van der Waals surface area contributed by atoms with Gasteiger partial charge in [0.05, 0.1) is 18.4 Å². The number of primary amides is 1. The summed E-state index contributed by atoms with van der Waals surface area (Å²) in [5, 5.41) is 8.94. The number of nitrogens with zero attached hydrogens (tertiary/aromatic N) is 3. The van der Waals surface area contributed by atoms with Crippen LogP contribution in [0, 0.1) is 12.3 Å². The van der Waals surface area contributed by atoms with Gasteiger partial charge in [0.2, 0.25) is 5.90 Å². The van der Waals surface area contributed by atoms with E-state index in [1.54, 1.807) is 29.2 Å². The highest BCUT2D eigenvalue weighted by molar-refractivity contribution is 6.31. The summed E-state index contributed by atoms with van der Waals surface area (Å²) in [6.45, 7) is 5.74. The molecule has 0 radical (unpaired) electrons. The van der Waals surface area contributed by atoms with Crippen LogP contribution in [-0.4, -0.2) is 34.4 Å². The number of halogens is 2. The molecule has 0 spiro atoms. The second-order valence-electron chi connectivity index (χ2n) is 8.68. The number of fused-ring (bicyclic) bond motifs is 1. The molecule has 0 saturated heterocycles. The van der Waals surface area contributed by atoms with Crippen molar-refractivity contribution < 1.29 is 14.3 Å². The van der Waals surface area contributed by atoms with Crippen LogP contribution in [0.4, 0.5) is 5.69 Å². The average molecular weight is 526 g/mol. The van der Waals surface area contributed by atoms with Crippen LogP contribution < -0.4 is 10.6 Å². The number of methoxy groups -OCH3 is 1. The van der Waals surface area contributed by atoms with Crippen molar-refractivity contribution in [3.05, 3.63) is 86.9 Å². The van der Waals surface area contributed by atoms with Gasteiger partial charge in [-0.1, -0.05) is 41.4 Å². The fourth-order valence-electron chi connectivity index (χ4n) is 4.41. The smallest absolute Gasteiger partial charge is 0.279 e. The lowest BCUT2D eigenvalue weighted by Crippen LogP contribution is -2.31. The molecule has 36 heavy (non-hydrogen) atoms. The Hall–Kier alpha value is -3.62. The summed E-state index contributed by atoms with van der Waals surface area (Å²) in [7, 11) is 1.32. The van der Waals surface area contributed by atoms with E-state index in [4.69, 9.17) is 39.1 Å². The predicted molar refractivity (Wildman–Crippen MR) is 141 cm³/mol. The van der Waals surface area contributed by atoms with Crippen molar-refractivity contribution in [3.8, 4) is 0 Å². The fourth-order valence-corrected chi connectivity index (χ4v) is 4.70. The minimum Gasteiger partial charge on any atom is -0.481 e. The van der Waals surface area contributed by atoms with E-state index in [1.807, 2.05) is 43.5 Å². The van der Waals surface area contributed by atoms with E-state index in [0.29, 0.717) is 21.4 Å². The molecule has 0 fully saturated rings. The minimum absolute atomic E-state index is 0.0295. The van der Waals surface area contributed by atoms with Gasteiger partial charge < -0.3 is 15.0 Å². The third-order valence-electron chi connectivity index (χ3n) is 6.02. The molecule has 1 atom stereocenters. The zero-order valence-corrected chi connectivity index (χ0v) is 21.7. The molecule has 2 aromatic carbocycles. The van der Waals surface area contributed by atoms with Gasteiger partial charge in [0.15, 0.2) is 5.69 Å². The number of benzene rings is 2. The third-order valence-corrected chi connectivity index (χ3v) is 6.51. The average Bonchev–Trinajstić information content (AvgIpc) is 3.34. The predicted octanol–water partition coefficient (Wildman–Crippen LogP) is 5.32. The SMILES string of the molecule is COC(=N)/C=C(\C(N)=O)c1nc2c(n1C(C)C)C(c1ccc(Cl)cc1)N(c1cc(Cl)ccc1C)C2=O. The maximum absolute atomic E-state index is 13.9. The number of carbonyl (C=O) groups excluding carboxylic acids is 2. The molecular weight excluding hydrogens is 501 g/mol. The molecule has 2 amide bonds. The summed E-state index contributed by atoms with van der Waals surface area (Å²) in [6.07, 6.45) is 1.21. The molecule has 0 aliphatic carbocycles. The summed E-state index contributed by atoms with van der Waals surface area (Å²) >= 11 is 12.5. The Labute approximate surface area is 218 Å². The van der Waals surface area contributed by atoms with Crippen molar-refractivity contribution in [2.75, 3.05) is 12.0 Å². The summed E-state index contributed by atoms with van der Waals surface area (Å²) in [6, 6.07) is 11.8. The van der Waals surface area contributed by atoms with Crippen LogP contribution in [0.5, 0.6) is 0 Å². The van der Waals surface area contributed by atoms with Gasteiger partial charge in [-0.15, -0.1) is 0 Å². The number of rotatable bonds is 6. The lowest BCUT2D eigenvalue weighted by atomic mass is 10.0. The molecule has 4 rings (SSSR count). The van der Waals surface area contributed by atoms with Gasteiger partial charge in [-0.3, -0.25) is 19.9 Å². The van der Waals surface area contributed by atoms with Crippen LogP contribution in [0.15, 0.2) is 48.5 Å². The first-order valence-electron chi connectivity index (χ1n) is 11.2. The van der Waals surface area contributed by atoms with E-state index in [-0.39, 0.29) is 34.9 Å². The fraction of sp³-hybridized carbons (Fsp3) is 0.231. The van der Waals surface area contributed by atoms with E-state index >= 15 is 0 Å². The highest BCUT2D eigenvalue weighted by Crippen LogP contribution is 2.45. The number of ether oxygens (including phenoxy) is 1. The number of aryl methyl sites for hydroxylation is 1. The highest BCUT2D eigenvalue weighted by atomic mass is 35.5. The van der Waals surface area contributed by atoms with Crippen molar-refractivity contribution in [2.24, 2.45) is 5.73 Å².